The molecule has 0 amide bonds. The molecule has 1 heterocycles. The van der Waals surface area contributed by atoms with Crippen LogP contribution in [-0.2, 0) is 13.9 Å². The largest absolute Gasteiger partial charge is 0.407 e. The molecule has 0 aromatic heterocycles. The van der Waals surface area contributed by atoms with Gasteiger partial charge in [0.05, 0.1) is 12.2 Å². The maximum atomic E-state index is 11.2. The molecule has 0 bridgehead atoms. The molecule has 1 N–H and O–H groups in total. The second-order valence-corrected chi connectivity index (χ2v) is 15.3. The molecule has 0 spiro atoms. The van der Waals surface area contributed by atoms with Crippen LogP contribution in [0.3, 0.4) is 0 Å². The summed E-state index contributed by atoms with van der Waals surface area (Å²) >= 11 is 0. The molecule has 1 aliphatic heterocycles. The molecule has 3 rings (SSSR count). The van der Waals surface area contributed by atoms with Gasteiger partial charge in [0.15, 0.2) is 5.79 Å². The quantitative estimate of drug-likeness (QED) is 0.595. The lowest BCUT2D eigenvalue weighted by molar-refractivity contribution is -0.170. The lowest BCUT2D eigenvalue weighted by Gasteiger charge is -2.44. The van der Waals surface area contributed by atoms with Gasteiger partial charge in [-0.2, -0.15) is 0 Å². The molecular formula is C27H40O4Si. The van der Waals surface area contributed by atoms with Crippen molar-refractivity contribution in [1.29, 1.82) is 0 Å². The van der Waals surface area contributed by atoms with Crippen LogP contribution in [0.2, 0.25) is 5.04 Å². The maximum Gasteiger partial charge on any atom is 0.261 e. The van der Waals surface area contributed by atoms with Crippen LogP contribution < -0.4 is 10.4 Å². The first-order chi connectivity index (χ1) is 14.9. The number of aliphatic hydroxyl groups is 1. The topological polar surface area (TPSA) is 47.9 Å². The van der Waals surface area contributed by atoms with E-state index in [2.05, 4.69) is 88.4 Å². The highest BCUT2D eigenvalue weighted by atomic mass is 28.4. The number of hydrogen-bond donors (Lipinski definition) is 1. The van der Waals surface area contributed by atoms with Crippen molar-refractivity contribution in [3.63, 3.8) is 0 Å². The molecule has 1 aliphatic rings. The summed E-state index contributed by atoms with van der Waals surface area (Å²) in [4.78, 5) is 0. The fourth-order valence-electron chi connectivity index (χ4n) is 4.92. The predicted octanol–water partition coefficient (Wildman–Crippen LogP) is 4.49. The Hall–Kier alpha value is -1.50. The zero-order valence-corrected chi connectivity index (χ0v) is 21.7. The lowest BCUT2D eigenvalue weighted by atomic mass is 9.89. The molecule has 0 radical (unpaired) electrons. The normalized spacial score (nSPS) is 21.8. The molecule has 2 aromatic carbocycles. The smallest absolute Gasteiger partial charge is 0.261 e. The van der Waals surface area contributed by atoms with E-state index in [1.54, 1.807) is 0 Å². The van der Waals surface area contributed by atoms with Gasteiger partial charge in [0.1, 0.15) is 6.10 Å². The Morgan fingerprint density at radius 2 is 1.50 bits per heavy atom. The minimum Gasteiger partial charge on any atom is -0.407 e. The average molecular weight is 457 g/mol. The van der Waals surface area contributed by atoms with E-state index < -0.39 is 19.7 Å². The molecule has 5 heteroatoms. The van der Waals surface area contributed by atoms with Crippen LogP contribution in [-0.4, -0.2) is 44.1 Å². The highest BCUT2D eigenvalue weighted by molar-refractivity contribution is 6.99. The highest BCUT2D eigenvalue weighted by Gasteiger charge is 2.50. The van der Waals surface area contributed by atoms with Crippen molar-refractivity contribution < 1.29 is 19.0 Å². The van der Waals surface area contributed by atoms with Gasteiger partial charge in [-0.25, -0.2) is 0 Å². The third-order valence-electron chi connectivity index (χ3n) is 6.46. The van der Waals surface area contributed by atoms with Crippen LogP contribution in [0.1, 0.15) is 54.9 Å². The summed E-state index contributed by atoms with van der Waals surface area (Å²) in [5.74, 6) is -0.498. The summed E-state index contributed by atoms with van der Waals surface area (Å²) in [5, 5.41) is 13.7. The fourth-order valence-corrected chi connectivity index (χ4v) is 9.61. The van der Waals surface area contributed by atoms with Gasteiger partial charge in [0.25, 0.3) is 8.32 Å². The zero-order valence-electron chi connectivity index (χ0n) is 20.7. The minimum absolute atomic E-state index is 0.0651. The number of hydrogen-bond acceptors (Lipinski definition) is 4. The van der Waals surface area contributed by atoms with Gasteiger partial charge in [0, 0.05) is 6.61 Å². The monoisotopic (exact) mass is 456 g/mol. The van der Waals surface area contributed by atoms with E-state index in [0.29, 0.717) is 19.6 Å². The lowest BCUT2D eigenvalue weighted by Crippen LogP contribution is -2.67. The van der Waals surface area contributed by atoms with Crippen LogP contribution in [0.4, 0.5) is 0 Å². The maximum absolute atomic E-state index is 11.2. The van der Waals surface area contributed by atoms with Crippen LogP contribution in [0.15, 0.2) is 60.7 Å². The SMILES string of the molecule is C[C@@H](CO[Si](c1ccccc1)(c1ccccc1)C(C)(C)C)C[C@@](C)(O)[C@H]1COC(C)(C)O1. The van der Waals surface area contributed by atoms with E-state index in [-0.39, 0.29) is 17.1 Å². The Balaban J connectivity index is 1.85. The first-order valence-corrected chi connectivity index (χ1v) is 13.6. The van der Waals surface area contributed by atoms with E-state index in [1.807, 2.05) is 20.8 Å². The van der Waals surface area contributed by atoms with Crippen molar-refractivity contribution in [3.8, 4) is 0 Å². The molecule has 0 aliphatic carbocycles. The Kier molecular flexibility index (Phi) is 7.38. The Morgan fingerprint density at radius 1 is 1.00 bits per heavy atom. The molecule has 1 fully saturated rings. The van der Waals surface area contributed by atoms with Gasteiger partial charge >= 0.3 is 0 Å². The fraction of sp³-hybridized carbons (Fsp3) is 0.556. The summed E-state index contributed by atoms with van der Waals surface area (Å²) in [6.07, 6.45) is 0.239. The minimum atomic E-state index is -2.58. The van der Waals surface area contributed by atoms with Crippen LogP contribution in [0.25, 0.3) is 0 Å². The summed E-state index contributed by atoms with van der Waals surface area (Å²) in [6.45, 7) is 15.6. The van der Waals surface area contributed by atoms with Crippen molar-refractivity contribution in [2.45, 2.75) is 77.4 Å². The second-order valence-electron chi connectivity index (χ2n) is 11.0. The molecule has 2 aromatic rings. The third kappa shape index (κ3) is 5.34. The molecule has 0 unspecified atom stereocenters. The van der Waals surface area contributed by atoms with E-state index in [4.69, 9.17) is 13.9 Å². The van der Waals surface area contributed by atoms with E-state index in [9.17, 15) is 5.11 Å². The van der Waals surface area contributed by atoms with Gasteiger partial charge in [-0.3, -0.25) is 0 Å². The first kappa shape index (κ1) is 25.1. The van der Waals surface area contributed by atoms with Crippen molar-refractivity contribution in [2.24, 2.45) is 5.92 Å². The van der Waals surface area contributed by atoms with Gasteiger partial charge in [-0.1, -0.05) is 88.4 Å². The molecule has 32 heavy (non-hydrogen) atoms. The van der Waals surface area contributed by atoms with E-state index in [0.717, 1.165) is 0 Å². The molecule has 0 saturated carbocycles. The molecular weight excluding hydrogens is 416 g/mol. The summed E-state index contributed by atoms with van der Waals surface area (Å²) in [7, 11) is -2.58. The van der Waals surface area contributed by atoms with Gasteiger partial charge < -0.3 is 19.0 Å². The van der Waals surface area contributed by atoms with Crippen LogP contribution in [0, 0.1) is 5.92 Å². The molecule has 1 saturated heterocycles. The number of rotatable bonds is 8. The Labute approximate surface area is 195 Å². The average Bonchev–Trinajstić information content (AvgIpc) is 3.09. The second kappa shape index (κ2) is 9.39. The van der Waals surface area contributed by atoms with Gasteiger partial charge in [0.2, 0.25) is 0 Å². The zero-order chi connectivity index (χ0) is 23.6. The summed E-state index contributed by atoms with van der Waals surface area (Å²) in [5.41, 5.74) is -0.984. The van der Waals surface area contributed by atoms with Crippen LogP contribution >= 0.6 is 0 Å². The van der Waals surface area contributed by atoms with Crippen molar-refractivity contribution in [3.05, 3.63) is 60.7 Å². The molecule has 4 nitrogen and oxygen atoms in total. The van der Waals surface area contributed by atoms with E-state index >= 15 is 0 Å². The first-order valence-electron chi connectivity index (χ1n) is 11.7. The Bertz CT molecular complexity index is 819. The third-order valence-corrected chi connectivity index (χ3v) is 11.5. The molecule has 176 valence electrons. The van der Waals surface area contributed by atoms with Gasteiger partial charge in [-0.15, -0.1) is 0 Å². The van der Waals surface area contributed by atoms with Crippen LogP contribution in [0.5, 0.6) is 0 Å². The Morgan fingerprint density at radius 3 is 1.91 bits per heavy atom. The van der Waals surface area contributed by atoms with Gasteiger partial charge in [-0.05, 0) is 48.5 Å². The standard InChI is InChI=1S/C27H40O4Si/c1-21(18-27(7,28)24-20-29-26(5,6)31-24)19-30-32(25(2,3)4,22-14-10-8-11-15-22)23-16-12-9-13-17-23/h8-17,21,24,28H,18-20H2,1-7H3/t21-,24-,27-/m1/s1. The molecule has 3 atom stereocenters. The predicted molar refractivity (Wildman–Crippen MR) is 133 cm³/mol. The number of ether oxygens (including phenoxy) is 2. The van der Waals surface area contributed by atoms with E-state index in [1.165, 1.54) is 10.4 Å². The summed E-state index contributed by atoms with van der Waals surface area (Å²) in [6, 6.07) is 21.3. The number of benzene rings is 2. The van der Waals surface area contributed by atoms with Crippen molar-refractivity contribution in [2.75, 3.05) is 13.2 Å². The highest BCUT2D eigenvalue weighted by Crippen LogP contribution is 2.38. The summed E-state index contributed by atoms with van der Waals surface area (Å²) < 4.78 is 18.7. The van der Waals surface area contributed by atoms with Crippen molar-refractivity contribution >= 4 is 18.7 Å². The van der Waals surface area contributed by atoms with Crippen molar-refractivity contribution in [1.82, 2.24) is 0 Å².